The van der Waals surface area contributed by atoms with Gasteiger partial charge in [0.1, 0.15) is 19.8 Å². The quantitative estimate of drug-likeness (QED) is 0.0195. The zero-order valence-electron chi connectivity index (χ0n) is 59.9. The van der Waals surface area contributed by atoms with Crippen molar-refractivity contribution in [3.05, 3.63) is 146 Å². The minimum atomic E-state index is -4.65. The second-order valence-electron chi connectivity index (χ2n) is 25.9. The molecule has 0 heterocycles. The molecule has 526 valence electrons. The van der Waals surface area contributed by atoms with Crippen LogP contribution in [0.2, 0.25) is 0 Å². The van der Waals surface area contributed by atoms with Gasteiger partial charge in [0, 0.05) is 12.8 Å². The zero-order valence-corrected chi connectivity index (χ0v) is 60.8. The maximum Gasteiger partial charge on any atom is 0.306 e. The topological polar surface area (TPSA) is 111 Å². The number of rotatable bonds is 68. The highest BCUT2D eigenvalue weighted by Crippen LogP contribution is 2.38. The minimum absolute atomic E-state index is 0.0356. The highest BCUT2D eigenvalue weighted by Gasteiger charge is 2.22. The number of esters is 2. The van der Waals surface area contributed by atoms with E-state index in [0.29, 0.717) is 17.4 Å². The van der Waals surface area contributed by atoms with Gasteiger partial charge in [0.25, 0.3) is 7.82 Å². The van der Waals surface area contributed by atoms with Crippen molar-refractivity contribution in [2.75, 3.05) is 47.5 Å². The Morgan fingerprint density at radius 2 is 0.587 bits per heavy atom. The summed E-state index contributed by atoms with van der Waals surface area (Å²) in [6, 6.07) is 0. The largest absolute Gasteiger partial charge is 0.756 e. The standard InChI is InChI=1S/C82H140NO8P/c1-6-8-10-12-14-16-18-20-22-24-26-28-30-32-34-35-36-37-38-39-40-41-42-43-44-45-46-47-49-51-53-55-57-59-61-63-65-67-69-71-73-75-82(85)91-80(79-90-92(86,87)89-77-76-83(3,4)5)78-88-81(84)74-72-70-68-66-64-62-60-58-56-54-52-50-48-33-31-29-27-25-23-21-19-17-15-13-11-9-7-2/h8-11,14-17,20-23,26-29,32-34,36-37,39-40,48,80H,6-7,12-13,18-19,24-25,30-31,35,38,41-47,49-79H2,1-5H3/b10-8-,11-9-,16-14-,17-15-,22-20-,23-21-,28-26-,29-27-,34-32-,37-36-,40-39-,48-33-. The Morgan fingerprint density at radius 1 is 0.337 bits per heavy atom. The number of hydrogen-bond acceptors (Lipinski definition) is 8. The molecule has 0 N–H and O–H groups in total. The minimum Gasteiger partial charge on any atom is -0.756 e. The van der Waals surface area contributed by atoms with E-state index in [1.54, 1.807) is 0 Å². The fourth-order valence-electron chi connectivity index (χ4n) is 10.2. The SMILES string of the molecule is CC/C=C\C/C=C\C/C=C\C/C=C\C/C=C\C/C=C\C/C=C\CCCCCCCCCCCCCCCCCCCCCC(=O)OC(COC(=O)CCCCCCCCCCCCC/C=C\C/C=C\C/C=C\C/C=C\C/C=C\CC)COP(=O)([O-])OCC[N+](C)(C)C. The summed E-state index contributed by atoms with van der Waals surface area (Å²) in [7, 11) is 1.16. The summed E-state index contributed by atoms with van der Waals surface area (Å²) in [5.74, 6) is -0.833. The maximum absolute atomic E-state index is 12.9. The molecule has 0 fully saturated rings. The second kappa shape index (κ2) is 71.2. The molecule has 2 unspecified atom stereocenters. The summed E-state index contributed by atoms with van der Waals surface area (Å²) >= 11 is 0. The molecular formula is C82H140NO8P. The summed E-state index contributed by atoms with van der Waals surface area (Å²) in [6.45, 7) is 4.03. The number of carbonyl (C=O) groups is 2. The van der Waals surface area contributed by atoms with Crippen LogP contribution in [-0.4, -0.2) is 70.0 Å². The number of phosphoric ester groups is 1. The van der Waals surface area contributed by atoms with E-state index < -0.39 is 26.5 Å². The van der Waals surface area contributed by atoms with Crippen molar-refractivity contribution < 1.29 is 42.1 Å². The van der Waals surface area contributed by atoms with Crippen molar-refractivity contribution in [3.63, 3.8) is 0 Å². The van der Waals surface area contributed by atoms with Gasteiger partial charge in [-0.2, -0.15) is 0 Å². The third-order valence-electron chi connectivity index (χ3n) is 15.9. The zero-order chi connectivity index (χ0) is 66.9. The number of allylic oxidation sites excluding steroid dienone is 24. The monoisotopic (exact) mass is 1300 g/mol. The second-order valence-corrected chi connectivity index (χ2v) is 27.3. The number of ether oxygens (including phenoxy) is 2. The predicted molar refractivity (Wildman–Crippen MR) is 397 cm³/mol. The Balaban J connectivity index is 4.00. The van der Waals surface area contributed by atoms with Gasteiger partial charge < -0.3 is 27.9 Å². The summed E-state index contributed by atoms with van der Waals surface area (Å²) in [5, 5.41) is 0. The molecule has 0 aliphatic heterocycles. The lowest BCUT2D eigenvalue weighted by Gasteiger charge is -2.28. The summed E-state index contributed by atoms with van der Waals surface area (Å²) in [5.41, 5.74) is 0. The molecule has 10 heteroatoms. The molecule has 92 heavy (non-hydrogen) atoms. The van der Waals surface area contributed by atoms with Gasteiger partial charge >= 0.3 is 11.9 Å². The first-order valence-electron chi connectivity index (χ1n) is 37.5. The molecule has 9 nitrogen and oxygen atoms in total. The van der Waals surface area contributed by atoms with Crippen molar-refractivity contribution in [2.45, 2.75) is 315 Å². The molecule has 0 aliphatic rings. The smallest absolute Gasteiger partial charge is 0.306 e. The van der Waals surface area contributed by atoms with Gasteiger partial charge in [0.2, 0.25) is 0 Å². The summed E-state index contributed by atoms with van der Waals surface area (Å²) < 4.78 is 34.4. The Labute approximate surface area is 567 Å². The lowest BCUT2D eigenvalue weighted by molar-refractivity contribution is -0.870. The van der Waals surface area contributed by atoms with Gasteiger partial charge in [-0.15, -0.1) is 0 Å². The first-order chi connectivity index (χ1) is 45.0. The highest BCUT2D eigenvalue weighted by atomic mass is 31.2. The van der Waals surface area contributed by atoms with Crippen molar-refractivity contribution in [3.8, 4) is 0 Å². The average molecular weight is 1300 g/mol. The van der Waals surface area contributed by atoms with Gasteiger partial charge in [0.15, 0.2) is 6.10 Å². The van der Waals surface area contributed by atoms with Crippen LogP contribution in [0.1, 0.15) is 309 Å². The third kappa shape index (κ3) is 74.9. The molecule has 0 aliphatic carbocycles. The van der Waals surface area contributed by atoms with Gasteiger partial charge in [0.05, 0.1) is 27.7 Å². The molecule has 2 atom stereocenters. The molecule has 0 aromatic heterocycles. The summed E-state index contributed by atoms with van der Waals surface area (Å²) in [4.78, 5) is 38.1. The van der Waals surface area contributed by atoms with Crippen LogP contribution in [0.5, 0.6) is 0 Å². The van der Waals surface area contributed by atoms with Crippen LogP contribution in [-0.2, 0) is 32.7 Å². The average Bonchev–Trinajstić information content (AvgIpc) is 2.23. The normalized spacial score (nSPS) is 13.9. The third-order valence-corrected chi connectivity index (χ3v) is 16.8. The van der Waals surface area contributed by atoms with Crippen LogP contribution in [0.3, 0.4) is 0 Å². The van der Waals surface area contributed by atoms with Gasteiger partial charge in [-0.05, 0) is 116 Å². The fraction of sp³-hybridized carbons (Fsp3) is 0.683. The van der Waals surface area contributed by atoms with Gasteiger partial charge in [-0.1, -0.05) is 327 Å². The van der Waals surface area contributed by atoms with Crippen LogP contribution in [0, 0.1) is 0 Å². The van der Waals surface area contributed by atoms with E-state index in [-0.39, 0.29) is 32.0 Å². The van der Waals surface area contributed by atoms with Crippen molar-refractivity contribution in [2.24, 2.45) is 0 Å². The number of quaternary nitrogens is 1. The Bertz CT molecular complexity index is 2070. The molecule has 0 amide bonds. The maximum atomic E-state index is 12.9. The number of hydrogen-bond donors (Lipinski definition) is 0. The van der Waals surface area contributed by atoms with Crippen molar-refractivity contribution >= 4 is 19.8 Å². The number of carbonyl (C=O) groups excluding carboxylic acids is 2. The molecular weight excluding hydrogens is 1160 g/mol. The van der Waals surface area contributed by atoms with E-state index >= 15 is 0 Å². The van der Waals surface area contributed by atoms with Crippen molar-refractivity contribution in [1.82, 2.24) is 0 Å². The van der Waals surface area contributed by atoms with Crippen molar-refractivity contribution in [1.29, 1.82) is 0 Å². The van der Waals surface area contributed by atoms with E-state index in [1.807, 2.05) is 21.1 Å². The molecule has 0 saturated heterocycles. The van der Waals surface area contributed by atoms with Gasteiger partial charge in [-0.25, -0.2) is 0 Å². The fourth-order valence-corrected chi connectivity index (χ4v) is 10.9. The number of unbranched alkanes of at least 4 members (excludes halogenated alkanes) is 30. The number of nitrogens with zero attached hydrogens (tertiary/aromatic N) is 1. The molecule has 0 saturated carbocycles. The van der Waals surface area contributed by atoms with Crippen LogP contribution in [0.4, 0.5) is 0 Å². The van der Waals surface area contributed by atoms with Gasteiger partial charge in [-0.3, -0.25) is 14.2 Å². The number of likely N-dealkylation sites (N-methyl/N-ethyl adjacent to an activating group) is 1. The van der Waals surface area contributed by atoms with Crippen LogP contribution < -0.4 is 4.89 Å². The molecule has 0 bridgehead atoms. The molecule has 0 radical (unpaired) electrons. The summed E-state index contributed by atoms with van der Waals surface area (Å²) in [6.07, 6.45) is 105. The molecule has 0 spiro atoms. The molecule has 0 aromatic rings. The van der Waals surface area contributed by atoms with E-state index in [2.05, 4.69) is 160 Å². The van der Waals surface area contributed by atoms with Crippen LogP contribution in [0.15, 0.2) is 146 Å². The lowest BCUT2D eigenvalue weighted by atomic mass is 10.0. The van der Waals surface area contributed by atoms with E-state index in [0.717, 1.165) is 128 Å². The Hall–Kier alpha value is -4.11. The van der Waals surface area contributed by atoms with E-state index in [4.69, 9.17) is 18.5 Å². The van der Waals surface area contributed by atoms with Crippen LogP contribution in [0.25, 0.3) is 0 Å². The number of phosphoric acid groups is 1. The van der Waals surface area contributed by atoms with Crippen LogP contribution >= 0.6 is 7.82 Å². The van der Waals surface area contributed by atoms with E-state index in [9.17, 15) is 19.0 Å². The Kier molecular flexibility index (Phi) is 68.0. The molecule has 0 aromatic carbocycles. The first kappa shape index (κ1) is 87.9. The van der Waals surface area contributed by atoms with E-state index in [1.165, 1.54) is 148 Å². The molecule has 0 rings (SSSR count). The first-order valence-corrected chi connectivity index (χ1v) is 39.0. The highest BCUT2D eigenvalue weighted by molar-refractivity contribution is 7.45. The Morgan fingerprint density at radius 3 is 0.870 bits per heavy atom. The lowest BCUT2D eigenvalue weighted by Crippen LogP contribution is -2.37. The predicted octanol–water partition coefficient (Wildman–Crippen LogP) is 24.3.